The number of azide groups is 1. The van der Waals surface area contributed by atoms with Crippen molar-refractivity contribution in [2.75, 3.05) is 13.2 Å². The predicted octanol–water partition coefficient (Wildman–Crippen LogP) is 3.05. The van der Waals surface area contributed by atoms with Crippen LogP contribution in [-0.4, -0.2) is 18.3 Å². The summed E-state index contributed by atoms with van der Waals surface area (Å²) in [6.07, 6.45) is -0.764. The van der Waals surface area contributed by atoms with Crippen molar-refractivity contribution in [3.63, 3.8) is 0 Å². The minimum atomic E-state index is -0.764. The van der Waals surface area contributed by atoms with Gasteiger partial charge in [0, 0.05) is 4.91 Å². The second kappa shape index (κ2) is 6.13. The first-order valence-electron chi connectivity index (χ1n) is 5.53. The molecule has 0 aliphatic carbocycles. The van der Waals surface area contributed by atoms with Crippen LogP contribution < -0.4 is 4.74 Å². The van der Waals surface area contributed by atoms with Crippen LogP contribution in [0.4, 0.5) is 0 Å². The Morgan fingerprint density at radius 2 is 2.12 bits per heavy atom. The number of rotatable bonds is 5. The highest BCUT2D eigenvalue weighted by atomic mass is 16.5. The van der Waals surface area contributed by atoms with E-state index in [0.29, 0.717) is 6.61 Å². The van der Waals surface area contributed by atoms with Crippen LogP contribution in [0.15, 0.2) is 17.2 Å². The Kier molecular flexibility index (Phi) is 4.82. The minimum absolute atomic E-state index is 0.0464. The summed E-state index contributed by atoms with van der Waals surface area (Å²) in [6.45, 7) is 6.41. The molecule has 0 bridgehead atoms. The average molecular weight is 235 g/mol. The zero-order chi connectivity index (χ0) is 12.8. The van der Waals surface area contributed by atoms with Gasteiger partial charge in [-0.3, -0.25) is 0 Å². The quantitative estimate of drug-likeness (QED) is 0.483. The first kappa shape index (κ1) is 13.4. The van der Waals surface area contributed by atoms with Crippen LogP contribution in [0.3, 0.4) is 0 Å². The van der Waals surface area contributed by atoms with E-state index in [0.717, 1.165) is 22.4 Å². The second-order valence-electron chi connectivity index (χ2n) is 3.84. The van der Waals surface area contributed by atoms with E-state index in [1.54, 1.807) is 0 Å². The summed E-state index contributed by atoms with van der Waals surface area (Å²) >= 11 is 0. The van der Waals surface area contributed by atoms with E-state index in [4.69, 9.17) is 10.3 Å². The van der Waals surface area contributed by atoms with Crippen LogP contribution >= 0.6 is 0 Å². The van der Waals surface area contributed by atoms with Crippen molar-refractivity contribution >= 4 is 0 Å². The van der Waals surface area contributed by atoms with Crippen LogP contribution in [0.5, 0.6) is 5.75 Å². The molecule has 5 heteroatoms. The van der Waals surface area contributed by atoms with Gasteiger partial charge in [0.2, 0.25) is 0 Å². The molecule has 0 saturated heterocycles. The summed E-state index contributed by atoms with van der Waals surface area (Å²) in [6, 6.07) is 3.77. The Hall–Kier alpha value is -1.71. The summed E-state index contributed by atoms with van der Waals surface area (Å²) in [5, 5.41) is 13.2. The fraction of sp³-hybridized carbons (Fsp3) is 0.500. The second-order valence-corrected chi connectivity index (χ2v) is 3.84. The zero-order valence-corrected chi connectivity index (χ0v) is 10.3. The molecule has 0 radical (unpaired) electrons. The number of hydrogen-bond acceptors (Lipinski definition) is 3. The molecule has 1 N–H and O–H groups in total. The molecule has 0 heterocycles. The minimum Gasteiger partial charge on any atom is -0.494 e. The van der Waals surface area contributed by atoms with Crippen molar-refractivity contribution in [1.82, 2.24) is 0 Å². The SMILES string of the molecule is CCOc1cc(C)c(C(O)CN=[N+]=[N-])cc1C. The molecular weight excluding hydrogens is 218 g/mol. The molecule has 1 aromatic rings. The van der Waals surface area contributed by atoms with Crippen molar-refractivity contribution in [3.05, 3.63) is 39.3 Å². The van der Waals surface area contributed by atoms with Crippen LogP contribution in [0.1, 0.15) is 29.7 Å². The van der Waals surface area contributed by atoms with Gasteiger partial charge in [0.25, 0.3) is 0 Å². The Morgan fingerprint density at radius 1 is 1.41 bits per heavy atom. The van der Waals surface area contributed by atoms with Gasteiger partial charge in [0.15, 0.2) is 0 Å². The number of aryl methyl sites for hydroxylation is 2. The van der Waals surface area contributed by atoms with Crippen LogP contribution in [0.2, 0.25) is 0 Å². The van der Waals surface area contributed by atoms with Gasteiger partial charge in [0.05, 0.1) is 19.3 Å². The maximum atomic E-state index is 9.87. The Labute approximate surface area is 101 Å². The molecule has 5 nitrogen and oxygen atoms in total. The van der Waals surface area contributed by atoms with Gasteiger partial charge >= 0.3 is 0 Å². The fourth-order valence-corrected chi connectivity index (χ4v) is 1.69. The lowest BCUT2D eigenvalue weighted by Gasteiger charge is -2.15. The topological polar surface area (TPSA) is 78.2 Å². The molecule has 17 heavy (non-hydrogen) atoms. The first-order chi connectivity index (χ1) is 8.10. The van der Waals surface area contributed by atoms with Crippen molar-refractivity contribution < 1.29 is 9.84 Å². The van der Waals surface area contributed by atoms with Gasteiger partial charge in [-0.05, 0) is 55.1 Å². The molecule has 0 spiro atoms. The highest BCUT2D eigenvalue weighted by Crippen LogP contribution is 2.27. The maximum Gasteiger partial charge on any atom is 0.122 e. The Balaban J connectivity index is 3.01. The molecule has 0 saturated carbocycles. The van der Waals surface area contributed by atoms with Crippen molar-refractivity contribution in [3.8, 4) is 5.75 Å². The lowest BCUT2D eigenvalue weighted by molar-refractivity contribution is 0.186. The summed E-state index contributed by atoms with van der Waals surface area (Å²) in [5.41, 5.74) is 10.9. The van der Waals surface area contributed by atoms with Crippen LogP contribution in [0.25, 0.3) is 10.4 Å². The number of aliphatic hydroxyl groups is 1. The number of benzene rings is 1. The molecule has 1 rings (SSSR count). The maximum absolute atomic E-state index is 9.87. The number of ether oxygens (including phenoxy) is 1. The first-order valence-corrected chi connectivity index (χ1v) is 5.53. The van der Waals surface area contributed by atoms with Crippen molar-refractivity contribution in [2.24, 2.45) is 5.11 Å². The average Bonchev–Trinajstić information content (AvgIpc) is 2.30. The lowest BCUT2D eigenvalue weighted by Crippen LogP contribution is -2.05. The third kappa shape index (κ3) is 3.37. The normalized spacial score (nSPS) is 11.8. The van der Waals surface area contributed by atoms with E-state index < -0.39 is 6.10 Å². The Morgan fingerprint density at radius 3 is 2.71 bits per heavy atom. The van der Waals surface area contributed by atoms with Gasteiger partial charge in [-0.2, -0.15) is 0 Å². The summed E-state index contributed by atoms with van der Waals surface area (Å²) in [7, 11) is 0. The van der Waals surface area contributed by atoms with E-state index >= 15 is 0 Å². The van der Waals surface area contributed by atoms with E-state index in [9.17, 15) is 5.11 Å². The molecule has 92 valence electrons. The molecule has 1 atom stereocenters. The summed E-state index contributed by atoms with van der Waals surface area (Å²) < 4.78 is 5.47. The van der Waals surface area contributed by atoms with Gasteiger partial charge in [-0.25, -0.2) is 0 Å². The molecule has 0 aliphatic heterocycles. The van der Waals surface area contributed by atoms with Gasteiger partial charge < -0.3 is 9.84 Å². The molecule has 1 aromatic carbocycles. The molecule has 0 aliphatic rings. The fourth-order valence-electron chi connectivity index (χ4n) is 1.69. The van der Waals surface area contributed by atoms with Gasteiger partial charge in [-0.1, -0.05) is 5.11 Å². The molecule has 1 unspecified atom stereocenters. The highest BCUT2D eigenvalue weighted by Gasteiger charge is 2.12. The van der Waals surface area contributed by atoms with Crippen LogP contribution in [-0.2, 0) is 0 Å². The number of nitrogens with zero attached hydrogens (tertiary/aromatic N) is 3. The standard InChI is InChI=1S/C12H17N3O2/c1-4-17-12-6-8(2)10(5-9(12)3)11(16)7-14-15-13/h5-6,11,16H,4,7H2,1-3H3. The van der Waals surface area contributed by atoms with E-state index in [1.807, 2.05) is 32.9 Å². The summed E-state index contributed by atoms with van der Waals surface area (Å²) in [5.74, 6) is 0.824. The summed E-state index contributed by atoms with van der Waals surface area (Å²) in [4.78, 5) is 2.64. The third-order valence-electron chi connectivity index (χ3n) is 2.54. The van der Waals surface area contributed by atoms with Gasteiger partial charge in [-0.15, -0.1) is 0 Å². The third-order valence-corrected chi connectivity index (χ3v) is 2.54. The molecule has 0 fully saturated rings. The van der Waals surface area contributed by atoms with Crippen molar-refractivity contribution in [1.29, 1.82) is 0 Å². The molecule has 0 aromatic heterocycles. The van der Waals surface area contributed by atoms with E-state index in [2.05, 4.69) is 10.0 Å². The lowest BCUT2D eigenvalue weighted by atomic mass is 10.00. The van der Waals surface area contributed by atoms with Gasteiger partial charge in [0.1, 0.15) is 5.75 Å². The monoisotopic (exact) mass is 235 g/mol. The van der Waals surface area contributed by atoms with Crippen LogP contribution in [0, 0.1) is 13.8 Å². The Bertz CT molecular complexity index is 440. The van der Waals surface area contributed by atoms with E-state index in [1.165, 1.54) is 0 Å². The zero-order valence-electron chi connectivity index (χ0n) is 10.3. The number of hydrogen-bond donors (Lipinski definition) is 1. The molecular formula is C12H17N3O2. The number of aliphatic hydroxyl groups excluding tert-OH is 1. The smallest absolute Gasteiger partial charge is 0.122 e. The van der Waals surface area contributed by atoms with E-state index in [-0.39, 0.29) is 6.54 Å². The van der Waals surface area contributed by atoms with Crippen molar-refractivity contribution in [2.45, 2.75) is 26.9 Å². The largest absolute Gasteiger partial charge is 0.494 e. The highest BCUT2D eigenvalue weighted by molar-refractivity contribution is 5.42. The predicted molar refractivity (Wildman–Crippen MR) is 66.1 cm³/mol. The molecule has 0 amide bonds.